The van der Waals surface area contributed by atoms with Gasteiger partial charge in [0.15, 0.2) is 0 Å². The Labute approximate surface area is 141 Å². The van der Waals surface area contributed by atoms with Gasteiger partial charge in [-0.2, -0.15) is 0 Å². The third-order valence-electron chi connectivity index (χ3n) is 4.10. The molecule has 126 valence electrons. The maximum absolute atomic E-state index is 12.4. The summed E-state index contributed by atoms with van der Waals surface area (Å²) in [6.45, 7) is 1.78. The van der Waals surface area contributed by atoms with E-state index >= 15 is 0 Å². The largest absolute Gasteiger partial charge is 0.497 e. The normalized spacial score (nSPS) is 14.4. The van der Waals surface area contributed by atoms with Gasteiger partial charge in [-0.15, -0.1) is 0 Å². The molecule has 1 aromatic heterocycles. The molecular formula is C18H22N4O2. The van der Waals surface area contributed by atoms with Crippen molar-refractivity contribution in [1.82, 2.24) is 15.3 Å². The lowest BCUT2D eigenvalue weighted by atomic mass is 10.2. The van der Waals surface area contributed by atoms with Crippen LogP contribution in [0, 0.1) is 6.92 Å². The van der Waals surface area contributed by atoms with Crippen molar-refractivity contribution in [2.45, 2.75) is 38.6 Å². The second kappa shape index (κ2) is 7.29. The van der Waals surface area contributed by atoms with E-state index in [0.717, 1.165) is 24.3 Å². The molecule has 1 amide bonds. The van der Waals surface area contributed by atoms with Gasteiger partial charge in [-0.05, 0) is 31.9 Å². The van der Waals surface area contributed by atoms with Crippen LogP contribution in [0.15, 0.2) is 30.3 Å². The van der Waals surface area contributed by atoms with Gasteiger partial charge in [0.05, 0.1) is 7.11 Å². The van der Waals surface area contributed by atoms with Crippen molar-refractivity contribution in [3.05, 3.63) is 41.9 Å². The molecule has 0 atom stereocenters. The Kier molecular flexibility index (Phi) is 4.93. The first-order valence-electron chi connectivity index (χ1n) is 8.21. The molecule has 1 aliphatic carbocycles. The highest BCUT2D eigenvalue weighted by Gasteiger charge is 2.19. The van der Waals surface area contributed by atoms with Crippen molar-refractivity contribution in [3.63, 3.8) is 0 Å². The second-order valence-corrected chi connectivity index (χ2v) is 6.00. The lowest BCUT2D eigenvalue weighted by Gasteiger charge is -2.13. The number of nitrogens with zero attached hydrogens (tertiary/aromatic N) is 2. The molecule has 0 unspecified atom stereocenters. The molecule has 0 saturated heterocycles. The van der Waals surface area contributed by atoms with Crippen LogP contribution in [0.4, 0.5) is 11.5 Å². The highest BCUT2D eigenvalue weighted by atomic mass is 16.5. The second-order valence-electron chi connectivity index (χ2n) is 6.00. The first kappa shape index (κ1) is 16.2. The van der Waals surface area contributed by atoms with Gasteiger partial charge in [0, 0.05) is 23.9 Å². The van der Waals surface area contributed by atoms with Crippen molar-refractivity contribution < 1.29 is 9.53 Å². The molecule has 1 heterocycles. The summed E-state index contributed by atoms with van der Waals surface area (Å²) in [5.41, 5.74) is 1.23. The summed E-state index contributed by atoms with van der Waals surface area (Å²) in [4.78, 5) is 21.0. The van der Waals surface area contributed by atoms with Crippen molar-refractivity contribution in [2.75, 3.05) is 12.4 Å². The summed E-state index contributed by atoms with van der Waals surface area (Å²) in [7, 11) is 1.62. The van der Waals surface area contributed by atoms with Crippen LogP contribution in [0.25, 0.3) is 0 Å². The maximum atomic E-state index is 12.4. The number of carbonyl (C=O) groups is 1. The van der Waals surface area contributed by atoms with E-state index in [0.29, 0.717) is 17.3 Å². The minimum Gasteiger partial charge on any atom is -0.497 e. The van der Waals surface area contributed by atoms with Gasteiger partial charge in [0.1, 0.15) is 23.1 Å². The Hall–Kier alpha value is -2.63. The third-order valence-corrected chi connectivity index (χ3v) is 4.10. The minimum atomic E-state index is -0.138. The predicted octanol–water partition coefficient (Wildman–Crippen LogP) is 3.21. The topological polar surface area (TPSA) is 76.1 Å². The van der Waals surface area contributed by atoms with E-state index < -0.39 is 0 Å². The van der Waals surface area contributed by atoms with Crippen molar-refractivity contribution >= 4 is 17.4 Å². The third kappa shape index (κ3) is 4.01. The summed E-state index contributed by atoms with van der Waals surface area (Å²) in [5.74, 6) is 1.76. The average Bonchev–Trinajstić information content (AvgIpc) is 3.07. The number of ether oxygens (including phenoxy) is 1. The molecule has 24 heavy (non-hydrogen) atoms. The average molecular weight is 326 g/mol. The zero-order valence-electron chi connectivity index (χ0n) is 14.0. The zero-order chi connectivity index (χ0) is 16.9. The van der Waals surface area contributed by atoms with Crippen LogP contribution in [0.3, 0.4) is 0 Å². The molecule has 6 nitrogen and oxygen atoms in total. The van der Waals surface area contributed by atoms with Crippen LogP contribution in [0.1, 0.15) is 42.0 Å². The molecular weight excluding hydrogens is 304 g/mol. The number of hydrogen-bond acceptors (Lipinski definition) is 5. The molecule has 0 bridgehead atoms. The van der Waals surface area contributed by atoms with Crippen LogP contribution < -0.4 is 15.4 Å². The maximum Gasteiger partial charge on any atom is 0.270 e. The van der Waals surface area contributed by atoms with Crippen LogP contribution in [-0.4, -0.2) is 29.0 Å². The van der Waals surface area contributed by atoms with Crippen LogP contribution in [0.5, 0.6) is 5.75 Å². The summed E-state index contributed by atoms with van der Waals surface area (Å²) in [6.07, 6.45) is 4.45. The SMILES string of the molecule is COc1cccc(Nc2cc(C(=O)NC3CCCC3)nc(C)n2)c1. The van der Waals surface area contributed by atoms with Crippen LogP contribution in [0.2, 0.25) is 0 Å². The van der Waals surface area contributed by atoms with E-state index in [1.54, 1.807) is 20.1 Å². The van der Waals surface area contributed by atoms with Crippen molar-refractivity contribution in [2.24, 2.45) is 0 Å². The van der Waals surface area contributed by atoms with Gasteiger partial charge < -0.3 is 15.4 Å². The van der Waals surface area contributed by atoms with Gasteiger partial charge in [-0.25, -0.2) is 9.97 Å². The first-order chi connectivity index (χ1) is 11.6. The quantitative estimate of drug-likeness (QED) is 0.882. The standard InChI is InChI=1S/C18H22N4O2/c1-12-19-16(18(23)22-13-6-3-4-7-13)11-17(20-12)21-14-8-5-9-15(10-14)24-2/h5,8-11,13H,3-4,6-7H2,1-2H3,(H,22,23)(H,19,20,21). The Morgan fingerprint density at radius 2 is 2.00 bits per heavy atom. The van der Waals surface area contributed by atoms with E-state index in [2.05, 4.69) is 20.6 Å². The molecule has 3 rings (SSSR count). The zero-order valence-corrected chi connectivity index (χ0v) is 14.0. The number of aryl methyl sites for hydroxylation is 1. The fourth-order valence-electron chi connectivity index (χ4n) is 2.93. The molecule has 1 fully saturated rings. The molecule has 2 N–H and O–H groups in total. The van der Waals surface area contributed by atoms with E-state index in [1.165, 1.54) is 12.8 Å². The number of nitrogens with one attached hydrogen (secondary N) is 2. The Morgan fingerprint density at radius 1 is 1.21 bits per heavy atom. The molecule has 0 spiro atoms. The van der Waals surface area contributed by atoms with E-state index in [-0.39, 0.29) is 11.9 Å². The number of carbonyl (C=O) groups excluding carboxylic acids is 1. The van der Waals surface area contributed by atoms with Gasteiger partial charge in [0.2, 0.25) is 0 Å². The van der Waals surface area contributed by atoms with Crippen LogP contribution >= 0.6 is 0 Å². The number of aromatic nitrogens is 2. The predicted molar refractivity (Wildman–Crippen MR) is 92.8 cm³/mol. The fourth-order valence-corrected chi connectivity index (χ4v) is 2.93. The molecule has 2 aromatic rings. The lowest BCUT2D eigenvalue weighted by Crippen LogP contribution is -2.33. The van der Waals surface area contributed by atoms with Crippen molar-refractivity contribution in [1.29, 1.82) is 0 Å². The molecule has 1 aliphatic rings. The number of benzene rings is 1. The summed E-state index contributed by atoms with van der Waals surface area (Å²) in [6, 6.07) is 9.49. The molecule has 1 saturated carbocycles. The number of anilines is 2. The van der Waals surface area contributed by atoms with Gasteiger partial charge >= 0.3 is 0 Å². The molecule has 0 aliphatic heterocycles. The van der Waals surface area contributed by atoms with Crippen molar-refractivity contribution in [3.8, 4) is 5.75 Å². The van der Waals surface area contributed by atoms with Gasteiger partial charge in [-0.3, -0.25) is 4.79 Å². The van der Waals surface area contributed by atoms with Crippen LogP contribution in [-0.2, 0) is 0 Å². The first-order valence-corrected chi connectivity index (χ1v) is 8.21. The Bertz CT molecular complexity index is 727. The summed E-state index contributed by atoms with van der Waals surface area (Å²) < 4.78 is 5.22. The van der Waals surface area contributed by atoms with E-state index in [4.69, 9.17) is 4.74 Å². The van der Waals surface area contributed by atoms with E-state index in [9.17, 15) is 4.79 Å². The minimum absolute atomic E-state index is 0.138. The lowest BCUT2D eigenvalue weighted by molar-refractivity contribution is 0.0932. The molecule has 0 radical (unpaired) electrons. The number of hydrogen-bond donors (Lipinski definition) is 2. The highest BCUT2D eigenvalue weighted by Crippen LogP contribution is 2.21. The number of methoxy groups -OCH3 is 1. The van der Waals surface area contributed by atoms with Gasteiger partial charge in [0.25, 0.3) is 5.91 Å². The monoisotopic (exact) mass is 326 g/mol. The molecule has 1 aromatic carbocycles. The number of rotatable bonds is 5. The summed E-state index contributed by atoms with van der Waals surface area (Å²) >= 11 is 0. The smallest absolute Gasteiger partial charge is 0.270 e. The Balaban J connectivity index is 1.76. The number of amides is 1. The highest BCUT2D eigenvalue weighted by molar-refractivity contribution is 5.93. The van der Waals surface area contributed by atoms with E-state index in [1.807, 2.05) is 24.3 Å². The summed E-state index contributed by atoms with van der Waals surface area (Å²) in [5, 5.41) is 6.25. The van der Waals surface area contributed by atoms with Gasteiger partial charge in [-0.1, -0.05) is 18.9 Å². The Morgan fingerprint density at radius 3 is 2.75 bits per heavy atom. The fraction of sp³-hybridized carbons (Fsp3) is 0.389. The molecule has 6 heteroatoms.